The quantitative estimate of drug-likeness (QED) is 0.332. The number of thioether (sulfide) groups is 1. The van der Waals surface area contributed by atoms with Gasteiger partial charge in [-0.05, 0) is 31.0 Å². The van der Waals surface area contributed by atoms with E-state index in [1.54, 1.807) is 13.2 Å². The molecule has 0 aliphatic carbocycles. The molecule has 2 aromatic rings. The molecule has 2 unspecified atom stereocenters. The fourth-order valence-electron chi connectivity index (χ4n) is 3.67. The van der Waals surface area contributed by atoms with E-state index in [9.17, 15) is 4.79 Å². The third-order valence-corrected chi connectivity index (χ3v) is 6.41. The van der Waals surface area contributed by atoms with E-state index in [4.69, 9.17) is 5.73 Å². The highest BCUT2D eigenvalue weighted by atomic mass is 32.2. The van der Waals surface area contributed by atoms with Crippen LogP contribution in [0.3, 0.4) is 0 Å². The predicted molar refractivity (Wildman–Crippen MR) is 128 cm³/mol. The van der Waals surface area contributed by atoms with Gasteiger partial charge in [-0.3, -0.25) is 9.79 Å². The number of hydrogen-bond acceptors (Lipinski definition) is 5. The molecule has 3 rings (SSSR count). The number of piperidine rings is 1. The van der Waals surface area contributed by atoms with Crippen molar-refractivity contribution in [3.8, 4) is 0 Å². The van der Waals surface area contributed by atoms with Crippen molar-refractivity contribution in [2.24, 2.45) is 16.6 Å². The normalized spacial score (nSPS) is 17.8. The Kier molecular flexibility index (Phi) is 8.58. The maximum Gasteiger partial charge on any atom is 0.222 e. The minimum Gasteiger partial charge on any atom is -0.369 e. The number of carbonyl (C=O) groups is 1. The van der Waals surface area contributed by atoms with Crippen molar-refractivity contribution in [1.29, 1.82) is 0 Å². The third kappa shape index (κ3) is 6.89. The van der Waals surface area contributed by atoms with Gasteiger partial charge in [0.05, 0.1) is 5.92 Å². The number of benzene rings is 1. The Bertz CT molecular complexity index is 875. The Morgan fingerprint density at radius 1 is 1.29 bits per heavy atom. The summed E-state index contributed by atoms with van der Waals surface area (Å²) in [5, 5.41) is 7.19. The number of nitrogens with two attached hydrogens (primary N) is 1. The van der Waals surface area contributed by atoms with Gasteiger partial charge >= 0.3 is 0 Å². The predicted octanol–water partition coefficient (Wildman–Crippen LogP) is 2.63. The summed E-state index contributed by atoms with van der Waals surface area (Å²) in [6.07, 6.45) is 3.58. The number of aliphatic imine (C=N–C) groups is 1. The van der Waals surface area contributed by atoms with Crippen LogP contribution in [0.4, 0.5) is 5.82 Å². The van der Waals surface area contributed by atoms with Gasteiger partial charge in [0.25, 0.3) is 0 Å². The number of guanidine groups is 1. The molecule has 1 amide bonds. The standard InChI is InChI=1S/C23H32N6OS/c1-17(31-20-10-4-3-5-11-20)14-27-23(25-2)28-15-18-8-6-12-26-22(18)29-13-7-9-19(16-29)21(24)30/h3-6,8,10-12,17,19H,7,9,13-16H2,1-2H3,(H2,24,30)(H2,25,27,28). The van der Waals surface area contributed by atoms with Crippen LogP contribution in [-0.4, -0.2) is 48.8 Å². The second kappa shape index (κ2) is 11.6. The zero-order valence-electron chi connectivity index (χ0n) is 18.3. The lowest BCUT2D eigenvalue weighted by molar-refractivity contribution is -0.122. The molecule has 4 N–H and O–H groups in total. The van der Waals surface area contributed by atoms with E-state index in [1.807, 2.05) is 23.9 Å². The van der Waals surface area contributed by atoms with E-state index in [1.165, 1.54) is 4.90 Å². The maximum atomic E-state index is 11.6. The summed E-state index contributed by atoms with van der Waals surface area (Å²) in [6.45, 7) is 5.10. The van der Waals surface area contributed by atoms with E-state index in [0.717, 1.165) is 43.3 Å². The molecule has 1 saturated heterocycles. The molecule has 1 fully saturated rings. The van der Waals surface area contributed by atoms with Crippen LogP contribution in [0, 0.1) is 5.92 Å². The van der Waals surface area contributed by atoms with E-state index >= 15 is 0 Å². The number of rotatable bonds is 8. The molecule has 0 bridgehead atoms. The fraction of sp³-hybridized carbons (Fsp3) is 0.435. The molecule has 2 atom stereocenters. The Morgan fingerprint density at radius 2 is 2.10 bits per heavy atom. The topological polar surface area (TPSA) is 95.6 Å². The molecule has 0 saturated carbocycles. The Hall–Kier alpha value is -2.74. The molecular formula is C23H32N6OS. The van der Waals surface area contributed by atoms with Crippen molar-refractivity contribution in [2.75, 3.05) is 31.6 Å². The first-order valence-electron chi connectivity index (χ1n) is 10.7. The summed E-state index contributed by atoms with van der Waals surface area (Å²) in [7, 11) is 1.77. The van der Waals surface area contributed by atoms with Gasteiger partial charge in [-0.15, -0.1) is 11.8 Å². The molecule has 31 heavy (non-hydrogen) atoms. The van der Waals surface area contributed by atoms with Gasteiger partial charge in [-0.25, -0.2) is 4.98 Å². The number of anilines is 1. The molecule has 7 nitrogen and oxygen atoms in total. The number of pyridine rings is 1. The molecule has 1 aliphatic heterocycles. The number of primary amides is 1. The smallest absolute Gasteiger partial charge is 0.222 e. The van der Waals surface area contributed by atoms with Crippen LogP contribution in [0.5, 0.6) is 0 Å². The van der Waals surface area contributed by atoms with Crippen LogP contribution < -0.4 is 21.3 Å². The van der Waals surface area contributed by atoms with Gasteiger partial charge in [0, 0.05) is 55.1 Å². The van der Waals surface area contributed by atoms with Crippen molar-refractivity contribution in [2.45, 2.75) is 36.5 Å². The SMILES string of the molecule is CN=C(NCc1cccnc1N1CCCC(C(N)=O)C1)NCC(C)Sc1ccccc1. The van der Waals surface area contributed by atoms with Crippen LogP contribution in [-0.2, 0) is 11.3 Å². The van der Waals surface area contributed by atoms with Gasteiger partial charge < -0.3 is 21.3 Å². The number of hydrogen-bond donors (Lipinski definition) is 3. The molecule has 2 heterocycles. The van der Waals surface area contributed by atoms with E-state index in [2.05, 4.69) is 62.8 Å². The van der Waals surface area contributed by atoms with E-state index < -0.39 is 0 Å². The average Bonchev–Trinajstić information content (AvgIpc) is 2.80. The lowest BCUT2D eigenvalue weighted by Gasteiger charge is -2.33. The van der Waals surface area contributed by atoms with E-state index in [0.29, 0.717) is 18.3 Å². The first-order valence-corrected chi connectivity index (χ1v) is 11.6. The third-order valence-electron chi connectivity index (χ3n) is 5.30. The van der Waals surface area contributed by atoms with Gasteiger partial charge in [0.2, 0.25) is 5.91 Å². The molecule has 166 valence electrons. The Morgan fingerprint density at radius 3 is 2.84 bits per heavy atom. The largest absolute Gasteiger partial charge is 0.369 e. The number of amides is 1. The van der Waals surface area contributed by atoms with Gasteiger partial charge in [-0.2, -0.15) is 0 Å². The van der Waals surface area contributed by atoms with Crippen molar-refractivity contribution in [3.63, 3.8) is 0 Å². The first-order chi connectivity index (χ1) is 15.1. The molecular weight excluding hydrogens is 408 g/mol. The minimum absolute atomic E-state index is 0.116. The molecule has 1 aromatic heterocycles. The fourth-order valence-corrected chi connectivity index (χ4v) is 4.61. The summed E-state index contributed by atoms with van der Waals surface area (Å²) in [5.41, 5.74) is 6.62. The number of aromatic nitrogens is 1. The highest BCUT2D eigenvalue weighted by Gasteiger charge is 2.26. The van der Waals surface area contributed by atoms with Crippen LogP contribution >= 0.6 is 11.8 Å². The van der Waals surface area contributed by atoms with E-state index in [-0.39, 0.29) is 11.8 Å². The molecule has 1 aliphatic rings. The number of carbonyl (C=O) groups excluding carboxylic acids is 1. The van der Waals surface area contributed by atoms with Gasteiger partial charge in [0.1, 0.15) is 5.82 Å². The lowest BCUT2D eigenvalue weighted by Crippen LogP contribution is -2.42. The van der Waals surface area contributed by atoms with Crippen LogP contribution in [0.15, 0.2) is 58.5 Å². The summed E-state index contributed by atoms with van der Waals surface area (Å²) in [5.74, 6) is 1.32. The lowest BCUT2D eigenvalue weighted by atomic mass is 9.97. The van der Waals surface area contributed by atoms with Crippen molar-refractivity contribution < 1.29 is 4.79 Å². The van der Waals surface area contributed by atoms with Crippen LogP contribution in [0.25, 0.3) is 0 Å². The highest BCUT2D eigenvalue weighted by molar-refractivity contribution is 8.00. The minimum atomic E-state index is -0.229. The molecule has 0 radical (unpaired) electrons. The number of nitrogens with zero attached hydrogens (tertiary/aromatic N) is 3. The highest BCUT2D eigenvalue weighted by Crippen LogP contribution is 2.24. The summed E-state index contributed by atoms with van der Waals surface area (Å²) < 4.78 is 0. The van der Waals surface area contributed by atoms with Gasteiger partial charge in [0.15, 0.2) is 5.96 Å². The van der Waals surface area contributed by atoms with Crippen molar-refractivity contribution in [1.82, 2.24) is 15.6 Å². The Balaban J connectivity index is 1.54. The maximum absolute atomic E-state index is 11.6. The van der Waals surface area contributed by atoms with Crippen molar-refractivity contribution in [3.05, 3.63) is 54.2 Å². The summed E-state index contributed by atoms with van der Waals surface area (Å²) in [6, 6.07) is 14.4. The monoisotopic (exact) mass is 440 g/mol. The molecule has 0 spiro atoms. The first kappa shape index (κ1) is 22.9. The summed E-state index contributed by atoms with van der Waals surface area (Å²) >= 11 is 1.83. The second-order valence-electron chi connectivity index (χ2n) is 7.72. The molecule has 1 aromatic carbocycles. The molecule has 8 heteroatoms. The number of nitrogens with one attached hydrogen (secondary N) is 2. The second-order valence-corrected chi connectivity index (χ2v) is 9.23. The zero-order chi connectivity index (χ0) is 22.1. The Labute approximate surface area is 188 Å². The summed E-state index contributed by atoms with van der Waals surface area (Å²) in [4.78, 5) is 24.0. The zero-order valence-corrected chi connectivity index (χ0v) is 19.1. The van der Waals surface area contributed by atoms with Crippen molar-refractivity contribution >= 4 is 29.4 Å². The van der Waals surface area contributed by atoms with Gasteiger partial charge in [-0.1, -0.05) is 31.2 Å². The van der Waals surface area contributed by atoms with Crippen LogP contribution in [0.1, 0.15) is 25.3 Å². The average molecular weight is 441 g/mol. The van der Waals surface area contributed by atoms with Crippen LogP contribution in [0.2, 0.25) is 0 Å².